The molecule has 21 heavy (non-hydrogen) atoms. The van der Waals surface area contributed by atoms with Crippen molar-refractivity contribution in [3.63, 3.8) is 0 Å². The largest absolute Gasteiger partial charge is 0.391 e. The van der Waals surface area contributed by atoms with Gasteiger partial charge < -0.3 is 10.0 Å². The van der Waals surface area contributed by atoms with E-state index in [0.717, 1.165) is 38.5 Å². The third-order valence-corrected chi connectivity index (χ3v) is 5.12. The van der Waals surface area contributed by atoms with Gasteiger partial charge >= 0.3 is 0 Å². The summed E-state index contributed by atoms with van der Waals surface area (Å²) in [5.74, 6) is 0.643. The smallest absolute Gasteiger partial charge is 0.228 e. The fourth-order valence-electron chi connectivity index (χ4n) is 3.45. The lowest BCUT2D eigenvalue weighted by atomic mass is 9.64. The molecule has 0 saturated heterocycles. The van der Waals surface area contributed by atoms with Crippen LogP contribution in [0.1, 0.15) is 37.7 Å². The van der Waals surface area contributed by atoms with Crippen LogP contribution in [0, 0.1) is 11.3 Å². The van der Waals surface area contributed by atoms with Crippen LogP contribution in [0.5, 0.6) is 0 Å². The molecule has 0 radical (unpaired) electrons. The number of carbonyl (C=O) groups excluding carboxylic acids is 1. The van der Waals surface area contributed by atoms with E-state index in [2.05, 4.69) is 12.1 Å². The predicted octanol–water partition coefficient (Wildman–Crippen LogP) is 2.63. The molecule has 0 aromatic heterocycles. The first-order valence-corrected chi connectivity index (χ1v) is 8.08. The Kier molecular flexibility index (Phi) is 4.03. The standard InChI is InChI=1S/C18H25NO2/c1-19(13-16(20)15-8-9-15)17(21)18(10-5-11-18)12-14-6-3-2-4-7-14/h2-4,6-7,15-16,20H,5,8-13H2,1H3. The number of amides is 1. The molecule has 114 valence electrons. The average molecular weight is 287 g/mol. The van der Waals surface area contributed by atoms with Crippen molar-refractivity contribution in [1.29, 1.82) is 0 Å². The molecule has 0 spiro atoms. The Morgan fingerprint density at radius 1 is 1.33 bits per heavy atom. The van der Waals surface area contributed by atoms with E-state index < -0.39 is 0 Å². The molecule has 1 unspecified atom stereocenters. The molecule has 2 aliphatic rings. The summed E-state index contributed by atoms with van der Waals surface area (Å²) >= 11 is 0. The van der Waals surface area contributed by atoms with Crippen molar-refractivity contribution in [3.05, 3.63) is 35.9 Å². The minimum absolute atomic E-state index is 0.220. The third-order valence-electron chi connectivity index (χ3n) is 5.12. The summed E-state index contributed by atoms with van der Waals surface area (Å²) in [6.07, 6.45) is 5.80. The van der Waals surface area contributed by atoms with Gasteiger partial charge in [-0.15, -0.1) is 0 Å². The quantitative estimate of drug-likeness (QED) is 0.874. The van der Waals surface area contributed by atoms with E-state index in [1.54, 1.807) is 4.90 Å². The Bertz CT molecular complexity index is 491. The molecule has 2 aliphatic carbocycles. The minimum Gasteiger partial charge on any atom is -0.391 e. The molecular formula is C18H25NO2. The van der Waals surface area contributed by atoms with Crippen molar-refractivity contribution in [3.8, 4) is 0 Å². The van der Waals surface area contributed by atoms with Crippen LogP contribution in [0.3, 0.4) is 0 Å². The van der Waals surface area contributed by atoms with E-state index in [0.29, 0.717) is 12.5 Å². The minimum atomic E-state index is -0.340. The Balaban J connectivity index is 1.65. The van der Waals surface area contributed by atoms with Gasteiger partial charge in [0.1, 0.15) is 0 Å². The summed E-state index contributed by atoms with van der Waals surface area (Å²) in [6, 6.07) is 10.3. The number of hydrogen-bond acceptors (Lipinski definition) is 2. The number of carbonyl (C=O) groups is 1. The molecule has 1 amide bonds. The highest BCUT2D eigenvalue weighted by Crippen LogP contribution is 2.45. The number of aliphatic hydroxyl groups is 1. The summed E-state index contributed by atoms with van der Waals surface area (Å²) in [7, 11) is 1.85. The number of hydrogen-bond donors (Lipinski definition) is 1. The number of likely N-dealkylation sites (N-methyl/N-ethyl adjacent to an activating group) is 1. The zero-order valence-electron chi connectivity index (χ0n) is 12.8. The topological polar surface area (TPSA) is 40.5 Å². The first-order valence-electron chi connectivity index (χ1n) is 8.08. The van der Waals surface area contributed by atoms with Crippen LogP contribution in [-0.4, -0.2) is 35.6 Å². The Hall–Kier alpha value is -1.35. The first-order chi connectivity index (χ1) is 10.1. The van der Waals surface area contributed by atoms with Gasteiger partial charge in [-0.25, -0.2) is 0 Å². The number of nitrogens with zero attached hydrogens (tertiary/aromatic N) is 1. The second-order valence-corrected chi connectivity index (χ2v) is 6.89. The second-order valence-electron chi connectivity index (χ2n) is 6.89. The molecule has 3 rings (SSSR count). The van der Waals surface area contributed by atoms with Crippen LogP contribution < -0.4 is 0 Å². The molecular weight excluding hydrogens is 262 g/mol. The average Bonchev–Trinajstić information content (AvgIpc) is 3.27. The highest BCUT2D eigenvalue weighted by Gasteiger charge is 2.46. The van der Waals surface area contributed by atoms with Gasteiger partial charge in [0.25, 0.3) is 0 Å². The SMILES string of the molecule is CN(CC(O)C1CC1)C(=O)C1(Cc2ccccc2)CCC1. The highest BCUT2D eigenvalue weighted by molar-refractivity contribution is 5.83. The lowest BCUT2D eigenvalue weighted by Crippen LogP contribution is -2.49. The zero-order valence-corrected chi connectivity index (χ0v) is 12.8. The molecule has 2 fully saturated rings. The molecule has 3 nitrogen and oxygen atoms in total. The van der Waals surface area contributed by atoms with Crippen molar-refractivity contribution in [2.45, 2.75) is 44.6 Å². The maximum absolute atomic E-state index is 12.8. The van der Waals surface area contributed by atoms with E-state index in [4.69, 9.17) is 0 Å². The highest BCUT2D eigenvalue weighted by atomic mass is 16.3. The third kappa shape index (κ3) is 3.13. The first kappa shape index (κ1) is 14.6. The molecule has 0 aliphatic heterocycles. The van der Waals surface area contributed by atoms with Gasteiger partial charge in [0.2, 0.25) is 5.91 Å². The van der Waals surface area contributed by atoms with Crippen LogP contribution in [0.25, 0.3) is 0 Å². The summed E-state index contributed by atoms with van der Waals surface area (Å²) in [6.45, 7) is 0.486. The van der Waals surface area contributed by atoms with Gasteiger partial charge in [0, 0.05) is 13.6 Å². The lowest BCUT2D eigenvalue weighted by molar-refractivity contribution is -0.147. The fourth-order valence-corrected chi connectivity index (χ4v) is 3.45. The Labute approximate surface area is 127 Å². The monoisotopic (exact) mass is 287 g/mol. The number of rotatable bonds is 6. The lowest BCUT2D eigenvalue weighted by Gasteiger charge is -2.43. The fraction of sp³-hybridized carbons (Fsp3) is 0.611. The number of benzene rings is 1. The van der Waals surface area contributed by atoms with Crippen molar-refractivity contribution in [2.75, 3.05) is 13.6 Å². The Morgan fingerprint density at radius 3 is 2.52 bits per heavy atom. The van der Waals surface area contributed by atoms with E-state index in [9.17, 15) is 9.90 Å². The number of aliphatic hydroxyl groups excluding tert-OH is 1. The van der Waals surface area contributed by atoms with Crippen LogP contribution in [0.15, 0.2) is 30.3 Å². The van der Waals surface area contributed by atoms with Crippen LogP contribution in [0.4, 0.5) is 0 Å². The molecule has 0 heterocycles. The van der Waals surface area contributed by atoms with E-state index in [1.807, 2.05) is 25.2 Å². The molecule has 1 aromatic rings. The second kappa shape index (κ2) is 5.80. The van der Waals surface area contributed by atoms with Crippen molar-refractivity contribution in [2.24, 2.45) is 11.3 Å². The predicted molar refractivity (Wildman–Crippen MR) is 82.8 cm³/mol. The summed E-state index contributed by atoms with van der Waals surface area (Å²) in [5.41, 5.74) is 1.01. The molecule has 2 saturated carbocycles. The van der Waals surface area contributed by atoms with Crippen molar-refractivity contribution >= 4 is 5.91 Å². The van der Waals surface area contributed by atoms with Gasteiger partial charge in [-0.05, 0) is 43.6 Å². The molecule has 0 bridgehead atoms. The van der Waals surface area contributed by atoms with Gasteiger partial charge in [-0.2, -0.15) is 0 Å². The summed E-state index contributed by atoms with van der Waals surface area (Å²) < 4.78 is 0. The summed E-state index contributed by atoms with van der Waals surface area (Å²) in [5, 5.41) is 10.1. The van der Waals surface area contributed by atoms with E-state index >= 15 is 0 Å². The van der Waals surface area contributed by atoms with Crippen molar-refractivity contribution < 1.29 is 9.90 Å². The van der Waals surface area contributed by atoms with Crippen molar-refractivity contribution in [1.82, 2.24) is 4.90 Å². The van der Waals surface area contributed by atoms with Gasteiger partial charge in [0.15, 0.2) is 0 Å². The van der Waals surface area contributed by atoms with Crippen LogP contribution >= 0.6 is 0 Å². The van der Waals surface area contributed by atoms with Gasteiger partial charge in [-0.3, -0.25) is 4.79 Å². The van der Waals surface area contributed by atoms with E-state index in [-0.39, 0.29) is 17.4 Å². The molecule has 1 atom stereocenters. The Morgan fingerprint density at radius 2 is 2.00 bits per heavy atom. The maximum atomic E-state index is 12.8. The summed E-state index contributed by atoms with van der Waals surface area (Å²) in [4.78, 5) is 14.6. The van der Waals surface area contributed by atoms with Gasteiger partial charge in [0.05, 0.1) is 11.5 Å². The maximum Gasteiger partial charge on any atom is 0.228 e. The van der Waals surface area contributed by atoms with Gasteiger partial charge in [-0.1, -0.05) is 36.8 Å². The molecule has 1 N–H and O–H groups in total. The van der Waals surface area contributed by atoms with Crippen LogP contribution in [0.2, 0.25) is 0 Å². The normalized spacial score (nSPS) is 21.4. The molecule has 3 heteroatoms. The van der Waals surface area contributed by atoms with Crippen LogP contribution in [-0.2, 0) is 11.2 Å². The molecule has 1 aromatic carbocycles. The van der Waals surface area contributed by atoms with E-state index in [1.165, 1.54) is 5.56 Å². The zero-order chi connectivity index (χ0) is 14.9.